The van der Waals surface area contributed by atoms with Crippen molar-refractivity contribution in [1.82, 2.24) is 0 Å². The van der Waals surface area contributed by atoms with Gasteiger partial charge in [-0.25, -0.2) is 4.57 Å². The normalized spacial score (nSPS) is 19.3. The van der Waals surface area contributed by atoms with E-state index in [1.165, 1.54) is 108 Å². The van der Waals surface area contributed by atoms with Crippen LogP contribution in [0.5, 0.6) is 0 Å². The molecule has 2 fully saturated rings. The van der Waals surface area contributed by atoms with Gasteiger partial charge in [0.1, 0.15) is 7.05 Å². The average molecular weight is 451 g/mol. The summed E-state index contributed by atoms with van der Waals surface area (Å²) in [7, 11) is 2.27. The molecule has 0 bridgehead atoms. The summed E-state index contributed by atoms with van der Waals surface area (Å²) in [6.07, 6.45) is 16.6. The number of fused-ring (bicyclic) bond motifs is 3. The standard InChI is InChI=1S/C33H40N/c1-22-9-8-10-26-20-28-27(31(22)26)12-11-23(2)32(28)30-19-24(3)29(21-34(30)4)25-13-17-33(18-14-25)15-6-5-7-16-33/h8-12,19,21,25H,5-7,13-18,20H2,1-4H3/q+1. The van der Waals surface area contributed by atoms with Gasteiger partial charge in [-0.1, -0.05) is 49.6 Å². The second-order valence-electron chi connectivity index (χ2n) is 11.8. The van der Waals surface area contributed by atoms with Crippen LogP contribution in [0.25, 0.3) is 22.4 Å². The zero-order valence-electron chi connectivity index (χ0n) is 21.6. The molecule has 1 nitrogen and oxygen atoms in total. The predicted molar refractivity (Wildman–Crippen MR) is 142 cm³/mol. The van der Waals surface area contributed by atoms with Crippen molar-refractivity contribution >= 4 is 0 Å². The third kappa shape index (κ3) is 3.55. The van der Waals surface area contributed by atoms with Crippen molar-refractivity contribution in [1.29, 1.82) is 0 Å². The highest BCUT2D eigenvalue weighted by atomic mass is 14.9. The zero-order valence-corrected chi connectivity index (χ0v) is 21.6. The first-order valence-electron chi connectivity index (χ1n) is 13.7. The van der Waals surface area contributed by atoms with Gasteiger partial charge in [-0.05, 0) is 116 Å². The van der Waals surface area contributed by atoms with Gasteiger partial charge in [0.2, 0.25) is 5.69 Å². The van der Waals surface area contributed by atoms with Crippen molar-refractivity contribution in [2.75, 3.05) is 0 Å². The summed E-state index contributed by atoms with van der Waals surface area (Å²) in [5, 5.41) is 0. The molecule has 0 aliphatic heterocycles. The Kier molecular flexibility index (Phi) is 5.43. The topological polar surface area (TPSA) is 3.88 Å². The highest BCUT2D eigenvalue weighted by molar-refractivity contribution is 5.86. The number of rotatable bonds is 2. The monoisotopic (exact) mass is 450 g/mol. The molecule has 176 valence electrons. The summed E-state index contributed by atoms with van der Waals surface area (Å²) in [5.74, 6) is 0.738. The number of pyridine rings is 1. The van der Waals surface area contributed by atoms with Gasteiger partial charge in [0.15, 0.2) is 6.20 Å². The van der Waals surface area contributed by atoms with Crippen LogP contribution in [0.3, 0.4) is 0 Å². The number of hydrogen-bond donors (Lipinski definition) is 0. The van der Waals surface area contributed by atoms with Gasteiger partial charge in [0.25, 0.3) is 0 Å². The maximum Gasteiger partial charge on any atom is 0.213 e. The number of hydrogen-bond acceptors (Lipinski definition) is 0. The van der Waals surface area contributed by atoms with Crippen LogP contribution in [-0.2, 0) is 13.5 Å². The molecule has 2 saturated carbocycles. The molecule has 2 aromatic carbocycles. The van der Waals surface area contributed by atoms with Gasteiger partial charge in [-0.15, -0.1) is 0 Å². The van der Waals surface area contributed by atoms with Crippen LogP contribution in [0.2, 0.25) is 0 Å². The van der Waals surface area contributed by atoms with E-state index < -0.39 is 0 Å². The van der Waals surface area contributed by atoms with Crippen molar-refractivity contribution in [2.45, 2.75) is 90.9 Å². The molecule has 1 heterocycles. The van der Waals surface area contributed by atoms with Crippen LogP contribution in [0, 0.1) is 26.2 Å². The van der Waals surface area contributed by atoms with Crippen LogP contribution in [-0.4, -0.2) is 0 Å². The minimum absolute atomic E-state index is 0.694. The zero-order chi connectivity index (χ0) is 23.4. The molecule has 6 rings (SSSR count). The minimum atomic E-state index is 0.694. The van der Waals surface area contributed by atoms with E-state index in [1.807, 2.05) is 0 Å². The van der Waals surface area contributed by atoms with Gasteiger partial charge >= 0.3 is 0 Å². The summed E-state index contributed by atoms with van der Waals surface area (Å²) in [6, 6.07) is 14.0. The number of aryl methyl sites for hydroxylation is 4. The fraction of sp³-hybridized carbons (Fsp3) is 0.485. The molecule has 34 heavy (non-hydrogen) atoms. The lowest BCUT2D eigenvalue weighted by Crippen LogP contribution is -2.34. The minimum Gasteiger partial charge on any atom is -0.201 e. The van der Waals surface area contributed by atoms with Gasteiger partial charge in [0, 0.05) is 11.6 Å². The van der Waals surface area contributed by atoms with Gasteiger partial charge in [-0.3, -0.25) is 0 Å². The van der Waals surface area contributed by atoms with Crippen molar-refractivity contribution in [3.63, 3.8) is 0 Å². The maximum atomic E-state index is 2.50. The second kappa shape index (κ2) is 8.36. The Morgan fingerprint density at radius 1 is 0.794 bits per heavy atom. The molecule has 3 aliphatic rings. The SMILES string of the molecule is Cc1cc(-c2c(C)ccc3c2Cc2cccc(C)c2-3)[n+](C)cc1C1CCC2(CCCCC2)CC1. The average Bonchev–Trinajstić information content (AvgIpc) is 3.22. The molecule has 0 N–H and O–H groups in total. The first-order valence-corrected chi connectivity index (χ1v) is 13.7. The lowest BCUT2D eigenvalue weighted by atomic mass is 9.62. The van der Waals surface area contributed by atoms with Gasteiger partial charge in [0.05, 0.1) is 5.56 Å². The Hall–Kier alpha value is -2.41. The lowest BCUT2D eigenvalue weighted by Gasteiger charge is -2.43. The predicted octanol–water partition coefficient (Wildman–Crippen LogP) is 8.28. The van der Waals surface area contributed by atoms with Crippen molar-refractivity contribution in [3.05, 3.63) is 76.0 Å². The van der Waals surface area contributed by atoms with Crippen LogP contribution in [0.4, 0.5) is 0 Å². The highest BCUT2D eigenvalue weighted by Crippen LogP contribution is 2.51. The smallest absolute Gasteiger partial charge is 0.201 e. The molecule has 0 amide bonds. The quantitative estimate of drug-likeness (QED) is 0.270. The largest absolute Gasteiger partial charge is 0.213 e. The summed E-state index contributed by atoms with van der Waals surface area (Å²) in [4.78, 5) is 0. The second-order valence-corrected chi connectivity index (χ2v) is 11.8. The van der Waals surface area contributed by atoms with Gasteiger partial charge < -0.3 is 0 Å². The summed E-state index contributed by atoms with van der Waals surface area (Å²) in [6.45, 7) is 6.91. The van der Waals surface area contributed by atoms with E-state index in [-0.39, 0.29) is 0 Å². The summed E-state index contributed by atoms with van der Waals surface area (Å²) < 4.78 is 2.44. The molecular weight excluding hydrogens is 410 g/mol. The lowest BCUT2D eigenvalue weighted by molar-refractivity contribution is -0.661. The van der Waals surface area contributed by atoms with E-state index in [2.05, 4.69) is 75.0 Å². The first-order chi connectivity index (χ1) is 16.5. The Bertz CT molecular complexity index is 1250. The molecule has 1 heteroatoms. The van der Waals surface area contributed by atoms with Crippen molar-refractivity contribution in [3.8, 4) is 22.4 Å². The Morgan fingerprint density at radius 2 is 1.53 bits per heavy atom. The van der Waals surface area contributed by atoms with Crippen LogP contribution in [0.15, 0.2) is 42.6 Å². The number of benzene rings is 2. The molecule has 0 radical (unpaired) electrons. The molecule has 1 spiro atoms. The van der Waals surface area contributed by atoms with Crippen LogP contribution < -0.4 is 4.57 Å². The van der Waals surface area contributed by atoms with E-state index in [1.54, 1.807) is 5.56 Å². The van der Waals surface area contributed by atoms with E-state index in [0.29, 0.717) is 5.41 Å². The number of nitrogens with zero attached hydrogens (tertiary/aromatic N) is 1. The fourth-order valence-electron chi connectivity index (χ4n) is 7.78. The Labute approximate surface area is 206 Å². The Balaban J connectivity index is 1.35. The summed E-state index contributed by atoms with van der Waals surface area (Å²) >= 11 is 0. The van der Waals surface area contributed by atoms with Gasteiger partial charge in [-0.2, -0.15) is 0 Å². The molecular formula is C33H40N+. The molecule has 0 atom stereocenters. The highest BCUT2D eigenvalue weighted by Gasteiger charge is 2.37. The molecule has 0 unspecified atom stereocenters. The molecule has 0 saturated heterocycles. The van der Waals surface area contributed by atoms with Crippen LogP contribution in [0.1, 0.15) is 97.1 Å². The van der Waals surface area contributed by atoms with Crippen molar-refractivity contribution in [2.24, 2.45) is 12.5 Å². The fourth-order valence-corrected chi connectivity index (χ4v) is 7.78. The third-order valence-electron chi connectivity index (χ3n) is 9.69. The van der Waals surface area contributed by atoms with E-state index in [9.17, 15) is 0 Å². The summed E-state index contributed by atoms with van der Waals surface area (Å²) in [5.41, 5.74) is 15.3. The first kappa shape index (κ1) is 22.1. The van der Waals surface area contributed by atoms with E-state index >= 15 is 0 Å². The maximum absolute atomic E-state index is 2.50. The van der Waals surface area contributed by atoms with E-state index in [4.69, 9.17) is 0 Å². The number of aromatic nitrogens is 1. The van der Waals surface area contributed by atoms with Crippen LogP contribution >= 0.6 is 0 Å². The third-order valence-corrected chi connectivity index (χ3v) is 9.69. The Morgan fingerprint density at radius 3 is 2.29 bits per heavy atom. The molecule has 3 aromatic rings. The van der Waals surface area contributed by atoms with E-state index in [0.717, 1.165) is 12.3 Å². The molecule has 3 aliphatic carbocycles. The van der Waals surface area contributed by atoms with Crippen molar-refractivity contribution < 1.29 is 4.57 Å². The molecule has 1 aromatic heterocycles.